The smallest absolute Gasteiger partial charge is 0.0249 e. The summed E-state index contributed by atoms with van der Waals surface area (Å²) in [4.78, 5) is 5.20. The summed E-state index contributed by atoms with van der Waals surface area (Å²) in [6.45, 7) is 7.32. The third-order valence-corrected chi connectivity index (χ3v) is 5.91. The number of nitrogens with one attached hydrogen (secondary N) is 1. The maximum atomic E-state index is 3.58. The highest BCUT2D eigenvalue weighted by Crippen LogP contribution is 2.32. The first-order valence-corrected chi connectivity index (χ1v) is 8.60. The van der Waals surface area contributed by atoms with Gasteiger partial charge in [0.25, 0.3) is 0 Å². The van der Waals surface area contributed by atoms with Gasteiger partial charge >= 0.3 is 0 Å². The zero-order valence-electron chi connectivity index (χ0n) is 14.2. The molecule has 0 aromatic carbocycles. The Kier molecular flexibility index (Phi) is 5.88. The Morgan fingerprint density at radius 1 is 1.25 bits per heavy atom. The molecule has 1 heterocycles. The van der Waals surface area contributed by atoms with Crippen LogP contribution in [-0.4, -0.2) is 62.2 Å². The molecule has 1 aliphatic carbocycles. The van der Waals surface area contributed by atoms with Gasteiger partial charge in [-0.25, -0.2) is 0 Å². The van der Waals surface area contributed by atoms with E-state index >= 15 is 0 Å². The second kappa shape index (κ2) is 7.24. The molecule has 1 saturated carbocycles. The fraction of sp³-hybridized carbons (Fsp3) is 1.00. The normalized spacial score (nSPS) is 36.1. The van der Waals surface area contributed by atoms with Crippen LogP contribution in [0.2, 0.25) is 0 Å². The van der Waals surface area contributed by atoms with Crippen molar-refractivity contribution in [2.45, 2.75) is 64.1 Å². The summed E-state index contributed by atoms with van der Waals surface area (Å²) in [5.74, 6) is 1.74. The van der Waals surface area contributed by atoms with Crippen molar-refractivity contribution in [2.75, 3.05) is 34.2 Å². The van der Waals surface area contributed by atoms with Crippen molar-refractivity contribution in [1.82, 2.24) is 15.1 Å². The van der Waals surface area contributed by atoms with Gasteiger partial charge in [-0.2, -0.15) is 0 Å². The maximum Gasteiger partial charge on any atom is 0.0249 e. The maximum absolute atomic E-state index is 3.58. The Balaban J connectivity index is 1.95. The molecule has 0 amide bonds. The van der Waals surface area contributed by atoms with Crippen molar-refractivity contribution in [3.8, 4) is 0 Å². The number of likely N-dealkylation sites (N-methyl/N-ethyl adjacent to an activating group) is 3. The fourth-order valence-electron chi connectivity index (χ4n) is 4.29. The molecule has 20 heavy (non-hydrogen) atoms. The van der Waals surface area contributed by atoms with E-state index in [4.69, 9.17) is 0 Å². The van der Waals surface area contributed by atoms with E-state index in [2.05, 4.69) is 50.1 Å². The minimum Gasteiger partial charge on any atom is -0.315 e. The second-order valence-corrected chi connectivity index (χ2v) is 7.50. The predicted octanol–water partition coefficient (Wildman–Crippen LogP) is 2.43. The first kappa shape index (κ1) is 16.3. The average molecular weight is 281 g/mol. The molecule has 2 fully saturated rings. The molecule has 2 rings (SSSR count). The zero-order valence-corrected chi connectivity index (χ0v) is 14.2. The van der Waals surface area contributed by atoms with Gasteiger partial charge in [-0.05, 0) is 71.6 Å². The van der Waals surface area contributed by atoms with Gasteiger partial charge in [-0.1, -0.05) is 13.8 Å². The molecule has 0 aromatic heterocycles. The van der Waals surface area contributed by atoms with Crippen LogP contribution in [0.15, 0.2) is 0 Å². The van der Waals surface area contributed by atoms with Crippen LogP contribution in [0.5, 0.6) is 0 Å². The van der Waals surface area contributed by atoms with Crippen LogP contribution < -0.4 is 5.32 Å². The van der Waals surface area contributed by atoms with E-state index in [1.54, 1.807) is 0 Å². The molecule has 1 N–H and O–H groups in total. The van der Waals surface area contributed by atoms with E-state index in [1.807, 2.05) is 0 Å². The van der Waals surface area contributed by atoms with Gasteiger partial charge in [0, 0.05) is 24.7 Å². The Morgan fingerprint density at radius 2 is 2.00 bits per heavy atom. The van der Waals surface area contributed by atoms with Crippen molar-refractivity contribution in [3.63, 3.8) is 0 Å². The third-order valence-electron chi connectivity index (χ3n) is 5.91. The van der Waals surface area contributed by atoms with Crippen molar-refractivity contribution >= 4 is 0 Å². The Bertz CT molecular complexity index is 292. The van der Waals surface area contributed by atoms with E-state index in [0.29, 0.717) is 6.04 Å². The highest BCUT2D eigenvalue weighted by molar-refractivity contribution is 4.92. The van der Waals surface area contributed by atoms with Crippen LogP contribution in [-0.2, 0) is 0 Å². The van der Waals surface area contributed by atoms with Gasteiger partial charge in [0.15, 0.2) is 0 Å². The molecule has 3 nitrogen and oxygen atoms in total. The summed E-state index contributed by atoms with van der Waals surface area (Å²) >= 11 is 0. The number of nitrogens with zero attached hydrogens (tertiary/aromatic N) is 2. The summed E-state index contributed by atoms with van der Waals surface area (Å²) in [6.07, 6.45) is 6.87. The lowest BCUT2D eigenvalue weighted by atomic mass is 9.76. The summed E-state index contributed by atoms with van der Waals surface area (Å²) in [5, 5.41) is 3.58. The molecule has 0 aromatic rings. The van der Waals surface area contributed by atoms with E-state index in [-0.39, 0.29) is 0 Å². The monoisotopic (exact) mass is 281 g/mol. The van der Waals surface area contributed by atoms with Crippen molar-refractivity contribution < 1.29 is 0 Å². The largest absolute Gasteiger partial charge is 0.315 e. The van der Waals surface area contributed by atoms with Crippen LogP contribution in [0.4, 0.5) is 0 Å². The van der Waals surface area contributed by atoms with Crippen LogP contribution in [0.1, 0.15) is 46.0 Å². The first-order valence-electron chi connectivity index (χ1n) is 8.60. The lowest BCUT2D eigenvalue weighted by Gasteiger charge is -2.43. The predicted molar refractivity (Wildman–Crippen MR) is 87.1 cm³/mol. The summed E-state index contributed by atoms with van der Waals surface area (Å²) in [7, 11) is 6.78. The summed E-state index contributed by atoms with van der Waals surface area (Å²) in [5.41, 5.74) is 0. The summed E-state index contributed by atoms with van der Waals surface area (Å²) in [6, 6.07) is 2.17. The van der Waals surface area contributed by atoms with Crippen molar-refractivity contribution in [2.24, 2.45) is 11.8 Å². The Labute approximate surface area is 126 Å². The number of likely N-dealkylation sites (tertiary alicyclic amines) is 1. The lowest BCUT2D eigenvalue weighted by Crippen LogP contribution is -2.53. The molecular weight excluding hydrogens is 246 g/mol. The number of hydrogen-bond acceptors (Lipinski definition) is 3. The van der Waals surface area contributed by atoms with Crippen molar-refractivity contribution in [3.05, 3.63) is 0 Å². The van der Waals surface area contributed by atoms with Gasteiger partial charge in [0.1, 0.15) is 0 Å². The topological polar surface area (TPSA) is 18.5 Å². The van der Waals surface area contributed by atoms with E-state index in [1.165, 1.54) is 45.2 Å². The van der Waals surface area contributed by atoms with Crippen LogP contribution in [0.3, 0.4) is 0 Å². The third kappa shape index (κ3) is 3.75. The minimum absolute atomic E-state index is 0.682. The fourth-order valence-corrected chi connectivity index (χ4v) is 4.29. The van der Waals surface area contributed by atoms with E-state index in [0.717, 1.165) is 23.9 Å². The van der Waals surface area contributed by atoms with Crippen LogP contribution in [0.25, 0.3) is 0 Å². The van der Waals surface area contributed by atoms with E-state index in [9.17, 15) is 0 Å². The van der Waals surface area contributed by atoms with Gasteiger partial charge in [-0.3, -0.25) is 0 Å². The molecule has 4 atom stereocenters. The molecule has 3 heteroatoms. The molecule has 1 aliphatic heterocycles. The highest BCUT2D eigenvalue weighted by atomic mass is 15.2. The first-order chi connectivity index (χ1) is 9.52. The molecule has 0 bridgehead atoms. The lowest BCUT2D eigenvalue weighted by molar-refractivity contribution is 0.0875. The van der Waals surface area contributed by atoms with Crippen LogP contribution >= 0.6 is 0 Å². The Morgan fingerprint density at radius 3 is 2.55 bits per heavy atom. The van der Waals surface area contributed by atoms with Gasteiger partial charge < -0.3 is 15.1 Å². The number of hydrogen-bond donors (Lipinski definition) is 1. The SMILES string of the molecule is CNC1CCC(C(C)C)CC1N(C)CC1CCCN1C. The van der Waals surface area contributed by atoms with Gasteiger partial charge in [-0.15, -0.1) is 0 Å². The zero-order chi connectivity index (χ0) is 14.7. The molecule has 0 spiro atoms. The second-order valence-electron chi connectivity index (χ2n) is 7.50. The van der Waals surface area contributed by atoms with Gasteiger partial charge in [0.2, 0.25) is 0 Å². The molecule has 1 saturated heterocycles. The van der Waals surface area contributed by atoms with E-state index < -0.39 is 0 Å². The molecule has 118 valence electrons. The number of rotatable bonds is 5. The standard InChI is InChI=1S/C17H35N3/c1-13(2)14-8-9-16(18-3)17(11-14)20(5)12-15-7-6-10-19(15)4/h13-18H,6-12H2,1-5H3. The Hall–Kier alpha value is -0.120. The van der Waals surface area contributed by atoms with Crippen LogP contribution in [0, 0.1) is 11.8 Å². The quantitative estimate of drug-likeness (QED) is 0.835. The molecule has 4 unspecified atom stereocenters. The highest BCUT2D eigenvalue weighted by Gasteiger charge is 2.34. The average Bonchev–Trinajstić information content (AvgIpc) is 2.83. The minimum atomic E-state index is 0.682. The van der Waals surface area contributed by atoms with Gasteiger partial charge in [0.05, 0.1) is 0 Å². The molecule has 0 radical (unpaired) electrons. The molecular formula is C17H35N3. The summed E-state index contributed by atoms with van der Waals surface area (Å²) < 4.78 is 0. The molecule has 2 aliphatic rings. The van der Waals surface area contributed by atoms with Crippen molar-refractivity contribution in [1.29, 1.82) is 0 Å².